The molecule has 0 aromatic heterocycles. The number of benzene rings is 3. The minimum absolute atomic E-state index is 0.00627. The normalized spacial score (nSPS) is 20.4. The van der Waals surface area contributed by atoms with Crippen LogP contribution in [-0.2, 0) is 11.2 Å². The molecule has 3 aromatic rings. The van der Waals surface area contributed by atoms with E-state index < -0.39 is 17.5 Å². The molecule has 5 rings (SSSR count). The van der Waals surface area contributed by atoms with E-state index in [1.165, 1.54) is 24.3 Å². The minimum atomic E-state index is -0.710. The van der Waals surface area contributed by atoms with Crippen LogP contribution in [0, 0.1) is 23.0 Å². The summed E-state index contributed by atoms with van der Waals surface area (Å²) in [4.78, 5) is 26.6. The fraction of sp³-hybridized carbons (Fsp3) is 0.250. The number of hydrogen-bond donors (Lipinski definition) is 2. The maximum Gasteiger partial charge on any atom is 0.254 e. The molecule has 0 radical (unpaired) electrons. The summed E-state index contributed by atoms with van der Waals surface area (Å²) < 4.78 is 29.7. The van der Waals surface area contributed by atoms with Crippen molar-refractivity contribution in [3.63, 3.8) is 0 Å². The summed E-state index contributed by atoms with van der Waals surface area (Å²) in [6.45, 7) is 0. The van der Waals surface area contributed by atoms with E-state index in [-0.39, 0.29) is 41.6 Å². The summed E-state index contributed by atoms with van der Waals surface area (Å²) in [5, 5.41) is 9.12. The van der Waals surface area contributed by atoms with E-state index in [9.17, 15) is 14.0 Å². The van der Waals surface area contributed by atoms with Crippen molar-refractivity contribution in [2.75, 3.05) is 0 Å². The Hall–Kier alpha value is -4.09. The van der Waals surface area contributed by atoms with E-state index in [2.05, 4.69) is 0 Å². The predicted molar refractivity (Wildman–Crippen MR) is 130 cm³/mol. The first-order valence-corrected chi connectivity index (χ1v) is 11.8. The molecule has 3 atom stereocenters. The SMILES string of the molecule is N#Cc1ccc(-c2cc(C(=O)N3[C@@H]4CC[C@H]3[C@@H](N)C4)ccc2-c2ccc(CC(N)=O)cc2F)cc1F. The highest BCUT2D eigenvalue weighted by Crippen LogP contribution is 2.40. The van der Waals surface area contributed by atoms with Crippen molar-refractivity contribution in [1.29, 1.82) is 5.26 Å². The monoisotopic (exact) mass is 486 g/mol. The Bertz CT molecular complexity index is 1430. The van der Waals surface area contributed by atoms with E-state index in [1.807, 2.05) is 4.90 Å². The molecule has 182 valence electrons. The van der Waals surface area contributed by atoms with Gasteiger partial charge in [-0.25, -0.2) is 8.78 Å². The van der Waals surface area contributed by atoms with Gasteiger partial charge in [-0.15, -0.1) is 0 Å². The van der Waals surface area contributed by atoms with Crippen molar-refractivity contribution in [2.45, 2.75) is 43.8 Å². The number of halogens is 2. The van der Waals surface area contributed by atoms with Crippen LogP contribution in [0.2, 0.25) is 0 Å². The van der Waals surface area contributed by atoms with Gasteiger partial charge in [-0.05, 0) is 71.8 Å². The number of amides is 2. The number of carbonyl (C=O) groups is 2. The van der Waals surface area contributed by atoms with Crippen molar-refractivity contribution in [2.24, 2.45) is 11.5 Å². The second-order valence-electron chi connectivity index (χ2n) is 9.43. The third-order valence-electron chi connectivity index (χ3n) is 7.19. The second-order valence-corrected chi connectivity index (χ2v) is 9.43. The molecule has 2 saturated heterocycles. The van der Waals surface area contributed by atoms with Crippen LogP contribution in [-0.4, -0.2) is 34.8 Å². The lowest BCUT2D eigenvalue weighted by molar-refractivity contribution is -0.117. The van der Waals surface area contributed by atoms with Crippen LogP contribution in [0.25, 0.3) is 22.3 Å². The maximum atomic E-state index is 15.2. The number of fused-ring (bicyclic) bond motifs is 2. The number of nitriles is 1. The Morgan fingerprint density at radius 2 is 1.75 bits per heavy atom. The average molecular weight is 487 g/mol. The number of hydrogen-bond acceptors (Lipinski definition) is 4. The van der Waals surface area contributed by atoms with Crippen LogP contribution in [0.1, 0.15) is 40.7 Å². The molecular formula is C28H24F2N4O2. The minimum Gasteiger partial charge on any atom is -0.369 e. The van der Waals surface area contributed by atoms with Crippen LogP contribution < -0.4 is 11.5 Å². The van der Waals surface area contributed by atoms with Gasteiger partial charge >= 0.3 is 0 Å². The van der Waals surface area contributed by atoms with Crippen molar-refractivity contribution >= 4 is 11.8 Å². The molecule has 0 aliphatic carbocycles. The number of rotatable bonds is 5. The van der Waals surface area contributed by atoms with Gasteiger partial charge in [0.15, 0.2) is 0 Å². The summed E-state index contributed by atoms with van der Waals surface area (Å²) in [6.07, 6.45) is 2.45. The van der Waals surface area contributed by atoms with E-state index in [0.717, 1.165) is 19.3 Å². The lowest BCUT2D eigenvalue weighted by atomic mass is 9.91. The fourth-order valence-corrected chi connectivity index (χ4v) is 5.51. The van der Waals surface area contributed by atoms with Crippen molar-refractivity contribution < 1.29 is 18.4 Å². The zero-order valence-corrected chi connectivity index (χ0v) is 19.4. The average Bonchev–Trinajstić information content (AvgIpc) is 3.40. The second kappa shape index (κ2) is 9.17. The first-order chi connectivity index (χ1) is 17.3. The number of carbonyl (C=O) groups excluding carboxylic acids is 2. The maximum absolute atomic E-state index is 15.2. The molecule has 2 aliphatic heterocycles. The molecule has 2 bridgehead atoms. The Morgan fingerprint density at radius 3 is 2.36 bits per heavy atom. The van der Waals surface area contributed by atoms with Crippen molar-refractivity contribution in [3.8, 4) is 28.3 Å². The standard InChI is InChI=1S/C28H24F2N4O2/c29-23-12-16(2-3-18(23)14-31)22-11-17(28(36)34-19-5-8-26(34)25(32)13-19)4-7-20(22)21-6-1-15(9-24(21)30)10-27(33)35/h1-4,6-7,9,11-12,19,25-26H,5,8,10,13,32H2,(H2,33,35)/t19-,25+,26+/m1/s1. The molecular weight excluding hydrogens is 462 g/mol. The molecule has 4 N–H and O–H groups in total. The van der Waals surface area contributed by atoms with Crippen LogP contribution >= 0.6 is 0 Å². The number of nitrogens with zero attached hydrogens (tertiary/aromatic N) is 2. The quantitative estimate of drug-likeness (QED) is 0.569. The van der Waals surface area contributed by atoms with Gasteiger partial charge in [0.2, 0.25) is 5.91 Å². The fourth-order valence-electron chi connectivity index (χ4n) is 5.51. The smallest absolute Gasteiger partial charge is 0.254 e. The van der Waals surface area contributed by atoms with Crippen molar-refractivity contribution in [1.82, 2.24) is 4.90 Å². The Kier molecular flexibility index (Phi) is 6.02. The van der Waals surface area contributed by atoms with E-state index in [0.29, 0.717) is 27.8 Å². The van der Waals surface area contributed by atoms with E-state index >= 15 is 4.39 Å². The molecule has 2 aliphatic rings. The zero-order valence-electron chi connectivity index (χ0n) is 19.4. The molecule has 8 heteroatoms. The van der Waals surface area contributed by atoms with Gasteiger partial charge in [0, 0.05) is 29.3 Å². The van der Waals surface area contributed by atoms with Crippen LogP contribution in [0.5, 0.6) is 0 Å². The van der Waals surface area contributed by atoms with Gasteiger partial charge in [0.05, 0.1) is 12.0 Å². The highest BCUT2D eigenvalue weighted by molar-refractivity contribution is 5.98. The Morgan fingerprint density at radius 1 is 0.972 bits per heavy atom. The molecule has 2 heterocycles. The Balaban J connectivity index is 1.61. The van der Waals surface area contributed by atoms with Gasteiger partial charge in [-0.2, -0.15) is 5.26 Å². The summed E-state index contributed by atoms with van der Waals surface area (Å²) >= 11 is 0. The largest absolute Gasteiger partial charge is 0.369 e. The predicted octanol–water partition coefficient (Wildman–Crippen LogP) is 3.90. The third-order valence-corrected chi connectivity index (χ3v) is 7.19. The van der Waals surface area contributed by atoms with Gasteiger partial charge in [0.25, 0.3) is 5.91 Å². The van der Waals surface area contributed by atoms with Crippen molar-refractivity contribution in [3.05, 3.63) is 82.9 Å². The molecule has 6 nitrogen and oxygen atoms in total. The molecule has 2 fully saturated rings. The molecule has 0 spiro atoms. The summed E-state index contributed by atoms with van der Waals surface area (Å²) in [5.41, 5.74) is 13.7. The molecule has 36 heavy (non-hydrogen) atoms. The van der Waals surface area contributed by atoms with Gasteiger partial charge in [0.1, 0.15) is 17.7 Å². The highest BCUT2D eigenvalue weighted by Gasteiger charge is 2.47. The molecule has 3 aromatic carbocycles. The van der Waals surface area contributed by atoms with Gasteiger partial charge < -0.3 is 16.4 Å². The highest BCUT2D eigenvalue weighted by atomic mass is 19.1. The lowest BCUT2D eigenvalue weighted by Gasteiger charge is -2.24. The van der Waals surface area contributed by atoms with Crippen LogP contribution in [0.3, 0.4) is 0 Å². The summed E-state index contributed by atoms with van der Waals surface area (Å²) in [5.74, 6) is -2.02. The number of nitrogens with two attached hydrogens (primary N) is 2. The van der Waals surface area contributed by atoms with Crippen LogP contribution in [0.15, 0.2) is 54.6 Å². The summed E-state index contributed by atoms with van der Waals surface area (Å²) in [7, 11) is 0. The summed E-state index contributed by atoms with van der Waals surface area (Å²) in [6, 6.07) is 15.3. The lowest BCUT2D eigenvalue weighted by Crippen LogP contribution is -2.40. The zero-order chi connectivity index (χ0) is 25.6. The van der Waals surface area contributed by atoms with E-state index in [4.69, 9.17) is 16.7 Å². The van der Waals surface area contributed by atoms with Gasteiger partial charge in [-0.3, -0.25) is 9.59 Å². The van der Waals surface area contributed by atoms with Crippen LogP contribution in [0.4, 0.5) is 8.78 Å². The Labute approximate surface area is 207 Å². The van der Waals surface area contributed by atoms with E-state index in [1.54, 1.807) is 36.4 Å². The first-order valence-electron chi connectivity index (χ1n) is 11.8. The topological polar surface area (TPSA) is 113 Å². The molecule has 0 saturated carbocycles. The molecule has 0 unspecified atom stereocenters. The first kappa shape index (κ1) is 23.6. The number of primary amides is 1. The molecule has 2 amide bonds. The van der Waals surface area contributed by atoms with Gasteiger partial charge in [-0.1, -0.05) is 24.3 Å². The third kappa shape index (κ3) is 4.12.